The third-order valence-electron chi connectivity index (χ3n) is 3.27. The molecular weight excluding hydrogens is 136 g/mol. The first-order valence-corrected chi connectivity index (χ1v) is 4.91. The van der Waals surface area contributed by atoms with E-state index in [1.807, 2.05) is 0 Å². The number of hydrogen-bond donors (Lipinski definition) is 0. The Hall–Kier alpha value is -0.0400. The van der Waals surface area contributed by atoms with Gasteiger partial charge >= 0.3 is 0 Å². The molecule has 0 spiro atoms. The molecular formula is C10H18O. The highest BCUT2D eigenvalue weighted by atomic mass is 16.5. The van der Waals surface area contributed by atoms with Gasteiger partial charge in [-0.15, -0.1) is 0 Å². The Balaban J connectivity index is 1.97. The van der Waals surface area contributed by atoms with Crippen molar-refractivity contribution in [3.63, 3.8) is 0 Å². The molecule has 2 bridgehead atoms. The van der Waals surface area contributed by atoms with Gasteiger partial charge < -0.3 is 4.74 Å². The van der Waals surface area contributed by atoms with E-state index in [4.69, 9.17) is 4.74 Å². The highest BCUT2D eigenvalue weighted by Gasteiger charge is 2.35. The average molecular weight is 154 g/mol. The van der Waals surface area contributed by atoms with Crippen LogP contribution in [0.1, 0.15) is 39.5 Å². The van der Waals surface area contributed by atoms with Gasteiger partial charge in [0.05, 0.1) is 12.2 Å². The third kappa shape index (κ3) is 1.44. The molecule has 11 heavy (non-hydrogen) atoms. The van der Waals surface area contributed by atoms with E-state index in [2.05, 4.69) is 13.8 Å². The molecule has 2 heterocycles. The molecule has 0 N–H and O–H groups in total. The SMILES string of the molecule is CC(C)C1CC2CCC(C1)O2. The molecule has 2 rings (SSSR count). The number of rotatable bonds is 1. The van der Waals surface area contributed by atoms with Crippen molar-refractivity contribution in [1.29, 1.82) is 0 Å². The van der Waals surface area contributed by atoms with E-state index in [9.17, 15) is 0 Å². The van der Waals surface area contributed by atoms with Gasteiger partial charge in [0, 0.05) is 0 Å². The van der Waals surface area contributed by atoms with Gasteiger partial charge in [-0.2, -0.15) is 0 Å². The Morgan fingerprint density at radius 1 is 1.09 bits per heavy atom. The normalized spacial score (nSPS) is 43.4. The first-order valence-electron chi connectivity index (χ1n) is 4.91. The predicted molar refractivity (Wildman–Crippen MR) is 45.5 cm³/mol. The molecule has 2 saturated heterocycles. The van der Waals surface area contributed by atoms with Crippen molar-refractivity contribution in [3.8, 4) is 0 Å². The van der Waals surface area contributed by atoms with Gasteiger partial charge in [-0.05, 0) is 37.5 Å². The maximum Gasteiger partial charge on any atom is 0.0582 e. The third-order valence-corrected chi connectivity index (χ3v) is 3.27. The fraction of sp³-hybridized carbons (Fsp3) is 1.00. The lowest BCUT2D eigenvalue weighted by Gasteiger charge is -2.30. The fourth-order valence-electron chi connectivity index (χ4n) is 2.44. The molecule has 0 amide bonds. The summed E-state index contributed by atoms with van der Waals surface area (Å²) in [5.41, 5.74) is 0. The minimum atomic E-state index is 0.626. The van der Waals surface area contributed by atoms with E-state index in [0.717, 1.165) is 11.8 Å². The molecule has 64 valence electrons. The molecule has 1 heteroatoms. The Labute approximate surface area is 69.1 Å². The molecule has 0 aliphatic carbocycles. The highest BCUT2D eigenvalue weighted by molar-refractivity contribution is 4.85. The molecule has 2 atom stereocenters. The molecule has 0 saturated carbocycles. The van der Waals surface area contributed by atoms with Gasteiger partial charge in [0.2, 0.25) is 0 Å². The minimum absolute atomic E-state index is 0.626. The van der Waals surface area contributed by atoms with Crippen LogP contribution in [0, 0.1) is 11.8 Å². The van der Waals surface area contributed by atoms with Gasteiger partial charge in [0.15, 0.2) is 0 Å². The largest absolute Gasteiger partial charge is 0.375 e. The van der Waals surface area contributed by atoms with E-state index < -0.39 is 0 Å². The molecule has 0 aromatic rings. The molecule has 1 nitrogen and oxygen atoms in total. The lowest BCUT2D eigenvalue weighted by atomic mass is 9.86. The van der Waals surface area contributed by atoms with Crippen molar-refractivity contribution in [3.05, 3.63) is 0 Å². The molecule has 2 aliphatic rings. The van der Waals surface area contributed by atoms with Crippen molar-refractivity contribution < 1.29 is 4.74 Å². The van der Waals surface area contributed by atoms with Crippen LogP contribution in [0.25, 0.3) is 0 Å². The molecule has 2 unspecified atom stereocenters. The maximum atomic E-state index is 5.78. The standard InChI is InChI=1S/C10H18O/c1-7(2)8-5-9-3-4-10(6-8)11-9/h7-10H,3-6H2,1-2H3. The summed E-state index contributed by atoms with van der Waals surface area (Å²) in [4.78, 5) is 0. The van der Waals surface area contributed by atoms with Crippen molar-refractivity contribution >= 4 is 0 Å². The first kappa shape index (κ1) is 7.60. The van der Waals surface area contributed by atoms with Crippen molar-refractivity contribution in [2.75, 3.05) is 0 Å². The average Bonchev–Trinajstić information content (AvgIpc) is 2.30. The summed E-state index contributed by atoms with van der Waals surface area (Å²) in [5, 5.41) is 0. The summed E-state index contributed by atoms with van der Waals surface area (Å²) in [5.74, 6) is 1.81. The molecule has 0 radical (unpaired) electrons. The van der Waals surface area contributed by atoms with Gasteiger partial charge in [0.25, 0.3) is 0 Å². The number of fused-ring (bicyclic) bond motifs is 2. The highest BCUT2D eigenvalue weighted by Crippen LogP contribution is 2.38. The summed E-state index contributed by atoms with van der Waals surface area (Å²) in [7, 11) is 0. The first-order chi connectivity index (χ1) is 5.25. The summed E-state index contributed by atoms with van der Waals surface area (Å²) < 4.78 is 5.78. The van der Waals surface area contributed by atoms with Crippen LogP contribution in [0.3, 0.4) is 0 Å². The van der Waals surface area contributed by atoms with Crippen LogP contribution in [0.5, 0.6) is 0 Å². The number of hydrogen-bond acceptors (Lipinski definition) is 1. The van der Waals surface area contributed by atoms with Crippen LogP contribution in [0.15, 0.2) is 0 Å². The van der Waals surface area contributed by atoms with Crippen molar-refractivity contribution in [2.45, 2.75) is 51.7 Å². The van der Waals surface area contributed by atoms with E-state index in [0.29, 0.717) is 12.2 Å². The van der Waals surface area contributed by atoms with Crippen LogP contribution in [0.2, 0.25) is 0 Å². The monoisotopic (exact) mass is 154 g/mol. The second-order valence-electron chi connectivity index (χ2n) is 4.43. The Morgan fingerprint density at radius 2 is 1.64 bits per heavy atom. The van der Waals surface area contributed by atoms with E-state index in [1.54, 1.807) is 0 Å². The van der Waals surface area contributed by atoms with E-state index >= 15 is 0 Å². The van der Waals surface area contributed by atoms with Crippen LogP contribution in [0.4, 0.5) is 0 Å². The lowest BCUT2D eigenvalue weighted by Crippen LogP contribution is -2.27. The zero-order valence-corrected chi connectivity index (χ0v) is 7.55. The summed E-state index contributed by atoms with van der Waals surface area (Å²) in [6, 6.07) is 0. The second-order valence-corrected chi connectivity index (χ2v) is 4.43. The van der Waals surface area contributed by atoms with Gasteiger partial charge in [-0.1, -0.05) is 13.8 Å². The van der Waals surface area contributed by atoms with Crippen molar-refractivity contribution in [2.24, 2.45) is 11.8 Å². The summed E-state index contributed by atoms with van der Waals surface area (Å²) >= 11 is 0. The smallest absolute Gasteiger partial charge is 0.0582 e. The van der Waals surface area contributed by atoms with Crippen LogP contribution in [-0.2, 0) is 4.74 Å². The number of ether oxygens (including phenoxy) is 1. The summed E-state index contributed by atoms with van der Waals surface area (Å²) in [6.45, 7) is 4.69. The Bertz CT molecular complexity index is 130. The van der Waals surface area contributed by atoms with Crippen LogP contribution < -0.4 is 0 Å². The Kier molecular flexibility index (Phi) is 1.92. The topological polar surface area (TPSA) is 9.23 Å². The van der Waals surface area contributed by atoms with Gasteiger partial charge in [0.1, 0.15) is 0 Å². The zero-order chi connectivity index (χ0) is 7.84. The maximum absolute atomic E-state index is 5.78. The van der Waals surface area contributed by atoms with Crippen LogP contribution >= 0.6 is 0 Å². The molecule has 0 aromatic heterocycles. The fourth-order valence-corrected chi connectivity index (χ4v) is 2.44. The Morgan fingerprint density at radius 3 is 2.09 bits per heavy atom. The van der Waals surface area contributed by atoms with Gasteiger partial charge in [-0.3, -0.25) is 0 Å². The van der Waals surface area contributed by atoms with Crippen LogP contribution in [-0.4, -0.2) is 12.2 Å². The summed E-state index contributed by atoms with van der Waals surface area (Å²) in [6.07, 6.45) is 6.56. The second kappa shape index (κ2) is 2.78. The van der Waals surface area contributed by atoms with E-state index in [-0.39, 0.29) is 0 Å². The minimum Gasteiger partial charge on any atom is -0.375 e. The predicted octanol–water partition coefficient (Wildman–Crippen LogP) is 2.60. The van der Waals surface area contributed by atoms with Crippen molar-refractivity contribution in [1.82, 2.24) is 0 Å². The van der Waals surface area contributed by atoms with Gasteiger partial charge in [-0.25, -0.2) is 0 Å². The lowest BCUT2D eigenvalue weighted by molar-refractivity contribution is -0.0290. The molecule has 0 aromatic carbocycles. The molecule has 2 aliphatic heterocycles. The quantitative estimate of drug-likeness (QED) is 0.564. The van der Waals surface area contributed by atoms with E-state index in [1.165, 1.54) is 25.7 Å². The zero-order valence-electron chi connectivity index (χ0n) is 7.55. The molecule has 2 fully saturated rings.